The van der Waals surface area contributed by atoms with Gasteiger partial charge < -0.3 is 4.90 Å². The van der Waals surface area contributed by atoms with Crippen LogP contribution in [0.15, 0.2) is 29.2 Å². The molecule has 1 aliphatic heterocycles. The van der Waals surface area contributed by atoms with Crippen molar-refractivity contribution in [1.82, 2.24) is 9.62 Å². The van der Waals surface area contributed by atoms with Crippen LogP contribution in [0.3, 0.4) is 0 Å². The first-order valence-corrected chi connectivity index (χ1v) is 9.63. The number of alkyl halides is 3. The van der Waals surface area contributed by atoms with E-state index in [1.807, 2.05) is 0 Å². The molecule has 1 N–H and O–H groups in total. The van der Waals surface area contributed by atoms with Crippen molar-refractivity contribution in [3.05, 3.63) is 29.8 Å². The first kappa shape index (κ1) is 19.7. The summed E-state index contributed by atoms with van der Waals surface area (Å²) in [5, 5.41) is 0. The van der Waals surface area contributed by atoms with Crippen LogP contribution >= 0.6 is 0 Å². The molecule has 0 bridgehead atoms. The van der Waals surface area contributed by atoms with Gasteiger partial charge in [0.05, 0.1) is 10.5 Å². The van der Waals surface area contributed by atoms with Gasteiger partial charge in [-0.05, 0) is 37.5 Å². The molecule has 1 heterocycles. The molecule has 1 fully saturated rings. The maximum absolute atomic E-state index is 12.7. The Labute approximate surface area is 145 Å². The third-order valence-electron chi connectivity index (χ3n) is 4.04. The molecule has 1 aromatic rings. The minimum Gasteiger partial charge on any atom is -0.343 e. The van der Waals surface area contributed by atoms with Gasteiger partial charge in [0.1, 0.15) is 0 Å². The van der Waals surface area contributed by atoms with Crippen molar-refractivity contribution in [2.24, 2.45) is 0 Å². The summed E-state index contributed by atoms with van der Waals surface area (Å²) in [6, 6.07) is 3.62. The van der Waals surface area contributed by atoms with E-state index in [-0.39, 0.29) is 12.5 Å². The first-order chi connectivity index (χ1) is 11.7. The van der Waals surface area contributed by atoms with E-state index in [0.717, 1.165) is 37.5 Å². The number of hydrogen-bond donors (Lipinski definition) is 1. The van der Waals surface area contributed by atoms with Crippen LogP contribution in [0.2, 0.25) is 0 Å². The van der Waals surface area contributed by atoms with Gasteiger partial charge in [-0.3, -0.25) is 4.79 Å². The van der Waals surface area contributed by atoms with Crippen LogP contribution in [-0.2, 0) is 21.0 Å². The van der Waals surface area contributed by atoms with Crippen molar-refractivity contribution < 1.29 is 26.4 Å². The van der Waals surface area contributed by atoms with E-state index in [4.69, 9.17) is 0 Å². The van der Waals surface area contributed by atoms with Gasteiger partial charge in [0.2, 0.25) is 15.9 Å². The third kappa shape index (κ3) is 5.71. The average Bonchev–Trinajstić information content (AvgIpc) is 2.75. The summed E-state index contributed by atoms with van der Waals surface area (Å²) >= 11 is 0. The quantitative estimate of drug-likeness (QED) is 0.774. The number of carbonyl (C=O) groups is 1. The predicted octanol–water partition coefficient (Wildman–Crippen LogP) is 2.78. The average molecular weight is 378 g/mol. The number of nitrogens with one attached hydrogen (secondary N) is 1. The lowest BCUT2D eigenvalue weighted by Crippen LogP contribution is -2.34. The number of likely N-dealkylation sites (tertiary alicyclic amines) is 1. The first-order valence-electron chi connectivity index (χ1n) is 8.15. The molecule has 25 heavy (non-hydrogen) atoms. The maximum atomic E-state index is 12.7. The number of halogens is 3. The zero-order valence-electron chi connectivity index (χ0n) is 13.7. The molecule has 0 saturated carbocycles. The summed E-state index contributed by atoms with van der Waals surface area (Å²) in [5.41, 5.74) is -1.01. The molecule has 9 heteroatoms. The van der Waals surface area contributed by atoms with E-state index in [1.54, 1.807) is 4.90 Å². The number of sulfonamides is 1. The Bertz CT molecular complexity index is 705. The van der Waals surface area contributed by atoms with E-state index in [2.05, 4.69) is 4.72 Å². The fourth-order valence-corrected chi connectivity index (χ4v) is 3.79. The number of nitrogens with zero attached hydrogens (tertiary/aromatic N) is 1. The second-order valence-electron chi connectivity index (χ2n) is 5.97. The predicted molar refractivity (Wildman–Crippen MR) is 86.3 cm³/mol. The molecule has 2 rings (SSSR count). The highest BCUT2D eigenvalue weighted by atomic mass is 32.2. The molecule has 0 radical (unpaired) electrons. The number of hydrogen-bond acceptors (Lipinski definition) is 3. The van der Waals surface area contributed by atoms with Gasteiger partial charge in [-0.1, -0.05) is 12.5 Å². The van der Waals surface area contributed by atoms with Crippen molar-refractivity contribution in [2.75, 3.05) is 19.6 Å². The molecule has 140 valence electrons. The van der Waals surface area contributed by atoms with E-state index in [0.29, 0.717) is 32.0 Å². The van der Waals surface area contributed by atoms with Gasteiger partial charge >= 0.3 is 6.18 Å². The van der Waals surface area contributed by atoms with Gasteiger partial charge in [0.15, 0.2) is 0 Å². The normalized spacial score (nSPS) is 16.8. The second kappa shape index (κ2) is 8.18. The smallest absolute Gasteiger partial charge is 0.343 e. The Balaban J connectivity index is 1.90. The molecule has 0 spiro atoms. The Kier molecular flexibility index (Phi) is 6.45. The molecule has 0 aliphatic carbocycles. The summed E-state index contributed by atoms with van der Waals surface area (Å²) in [6.07, 6.45) is -0.873. The summed E-state index contributed by atoms with van der Waals surface area (Å²) < 4.78 is 64.6. The summed E-state index contributed by atoms with van der Waals surface area (Å²) in [6.45, 7) is 1.16. The van der Waals surface area contributed by atoms with Crippen LogP contribution in [0.5, 0.6) is 0 Å². The van der Waals surface area contributed by atoms with Crippen molar-refractivity contribution in [1.29, 1.82) is 0 Å². The van der Waals surface area contributed by atoms with E-state index in [9.17, 15) is 26.4 Å². The van der Waals surface area contributed by atoms with Crippen LogP contribution in [0.1, 0.15) is 37.7 Å². The van der Waals surface area contributed by atoms with E-state index in [1.165, 1.54) is 0 Å². The van der Waals surface area contributed by atoms with E-state index < -0.39 is 26.7 Å². The lowest BCUT2D eigenvalue weighted by molar-refractivity contribution is -0.137. The maximum Gasteiger partial charge on any atom is 0.416 e. The fraction of sp³-hybridized carbons (Fsp3) is 0.562. The van der Waals surface area contributed by atoms with Gasteiger partial charge in [0, 0.05) is 26.1 Å². The van der Waals surface area contributed by atoms with Crippen LogP contribution in [0, 0.1) is 0 Å². The summed E-state index contributed by atoms with van der Waals surface area (Å²) in [7, 11) is -4.02. The molecule has 0 aromatic heterocycles. The minimum atomic E-state index is -4.60. The molecule has 0 atom stereocenters. The number of benzene rings is 1. The van der Waals surface area contributed by atoms with Crippen molar-refractivity contribution in [3.63, 3.8) is 0 Å². The Morgan fingerprint density at radius 3 is 2.64 bits per heavy atom. The second-order valence-corrected chi connectivity index (χ2v) is 7.74. The van der Waals surface area contributed by atoms with Crippen LogP contribution in [0.25, 0.3) is 0 Å². The molecule has 1 aromatic carbocycles. The van der Waals surface area contributed by atoms with Gasteiger partial charge in [-0.25, -0.2) is 13.1 Å². The highest BCUT2D eigenvalue weighted by Gasteiger charge is 2.31. The zero-order valence-corrected chi connectivity index (χ0v) is 14.5. The Hall–Kier alpha value is -1.61. The van der Waals surface area contributed by atoms with Crippen molar-refractivity contribution in [2.45, 2.75) is 43.2 Å². The van der Waals surface area contributed by atoms with Crippen LogP contribution in [0.4, 0.5) is 13.2 Å². The fourth-order valence-electron chi connectivity index (χ4n) is 2.67. The van der Waals surface area contributed by atoms with Gasteiger partial charge in [-0.2, -0.15) is 13.2 Å². The lowest BCUT2D eigenvalue weighted by atomic mass is 10.2. The highest BCUT2D eigenvalue weighted by molar-refractivity contribution is 7.89. The van der Waals surface area contributed by atoms with Gasteiger partial charge in [-0.15, -0.1) is 0 Å². The summed E-state index contributed by atoms with van der Waals surface area (Å²) in [4.78, 5) is 13.1. The molecule has 1 saturated heterocycles. The molecule has 1 amide bonds. The molecular formula is C16H21F3N2O3S. The van der Waals surface area contributed by atoms with E-state index >= 15 is 0 Å². The Morgan fingerprint density at radius 1 is 1.16 bits per heavy atom. The SMILES string of the molecule is O=C1CCCCCN1CCCNS(=O)(=O)c1cccc(C(F)(F)F)c1. The van der Waals surface area contributed by atoms with Crippen molar-refractivity contribution in [3.8, 4) is 0 Å². The topological polar surface area (TPSA) is 66.5 Å². The van der Waals surface area contributed by atoms with Crippen LogP contribution in [-0.4, -0.2) is 38.9 Å². The number of carbonyl (C=O) groups excluding carboxylic acids is 1. The molecule has 1 aliphatic rings. The standard InChI is InChI=1S/C16H21F3N2O3S/c17-16(18,19)13-6-4-7-14(12-13)25(23,24)20-9-5-11-21-10-3-1-2-8-15(21)22/h4,6-7,12,20H,1-3,5,8-11H2. The third-order valence-corrected chi connectivity index (χ3v) is 5.50. The highest BCUT2D eigenvalue weighted by Crippen LogP contribution is 2.30. The monoisotopic (exact) mass is 378 g/mol. The summed E-state index contributed by atoms with van der Waals surface area (Å²) in [5.74, 6) is 0.0678. The zero-order chi connectivity index (χ0) is 18.5. The Morgan fingerprint density at radius 2 is 1.92 bits per heavy atom. The number of rotatable bonds is 6. The minimum absolute atomic E-state index is 0.0579. The van der Waals surface area contributed by atoms with Crippen molar-refractivity contribution >= 4 is 15.9 Å². The number of amides is 1. The lowest BCUT2D eigenvalue weighted by Gasteiger charge is -2.20. The molecular weight excluding hydrogens is 357 g/mol. The van der Waals surface area contributed by atoms with Gasteiger partial charge in [0.25, 0.3) is 0 Å². The molecule has 0 unspecified atom stereocenters. The largest absolute Gasteiger partial charge is 0.416 e. The molecule has 5 nitrogen and oxygen atoms in total. The van der Waals surface area contributed by atoms with Crippen LogP contribution < -0.4 is 4.72 Å².